The third kappa shape index (κ3) is 4.84. The van der Waals surface area contributed by atoms with E-state index < -0.39 is 0 Å². The van der Waals surface area contributed by atoms with Crippen molar-refractivity contribution in [2.45, 2.75) is 38.6 Å². The Bertz CT molecular complexity index is 530. The minimum atomic E-state index is -0.212. The number of piperidine rings is 1. The maximum absolute atomic E-state index is 12.2. The molecule has 1 aromatic carbocycles. The van der Waals surface area contributed by atoms with Crippen LogP contribution in [0, 0.1) is 6.92 Å². The lowest BCUT2D eigenvalue weighted by atomic mass is 9.99. The molecule has 1 heterocycles. The summed E-state index contributed by atoms with van der Waals surface area (Å²) in [6, 6.07) is 7.84. The van der Waals surface area contributed by atoms with Crippen LogP contribution in [0.3, 0.4) is 0 Å². The number of anilines is 1. The highest BCUT2D eigenvalue weighted by Crippen LogP contribution is 2.20. The van der Waals surface area contributed by atoms with Crippen LogP contribution in [0.5, 0.6) is 0 Å². The Morgan fingerprint density at radius 2 is 2.18 bits per heavy atom. The van der Waals surface area contributed by atoms with Crippen molar-refractivity contribution >= 4 is 17.6 Å². The van der Waals surface area contributed by atoms with Crippen molar-refractivity contribution in [1.82, 2.24) is 4.90 Å². The van der Waals surface area contributed by atoms with E-state index in [1.54, 1.807) is 0 Å². The van der Waals surface area contributed by atoms with E-state index in [9.17, 15) is 9.59 Å². The molecular weight excluding hydrogens is 280 g/mol. The Balaban J connectivity index is 1.91. The zero-order valence-electron chi connectivity index (χ0n) is 13.3. The van der Waals surface area contributed by atoms with Gasteiger partial charge in [0.15, 0.2) is 0 Å². The number of amides is 1. The zero-order valence-corrected chi connectivity index (χ0v) is 13.3. The first-order valence-corrected chi connectivity index (χ1v) is 7.76. The van der Waals surface area contributed by atoms with Crippen LogP contribution in [0.2, 0.25) is 0 Å². The Morgan fingerprint density at radius 3 is 2.91 bits per heavy atom. The first kappa shape index (κ1) is 16.5. The van der Waals surface area contributed by atoms with Crippen molar-refractivity contribution < 1.29 is 14.3 Å². The lowest BCUT2D eigenvalue weighted by Gasteiger charge is -2.34. The fraction of sp³-hybridized carbons (Fsp3) is 0.529. The van der Waals surface area contributed by atoms with Gasteiger partial charge in [0, 0.05) is 11.7 Å². The summed E-state index contributed by atoms with van der Waals surface area (Å²) in [6.45, 7) is 3.16. The molecule has 1 aliphatic rings. The van der Waals surface area contributed by atoms with Crippen molar-refractivity contribution in [2.75, 3.05) is 25.5 Å². The lowest BCUT2D eigenvalue weighted by Crippen LogP contribution is -2.45. The summed E-state index contributed by atoms with van der Waals surface area (Å²) in [5.41, 5.74) is 1.92. The second-order valence-corrected chi connectivity index (χ2v) is 5.82. The maximum Gasteiger partial charge on any atom is 0.307 e. The highest BCUT2D eigenvalue weighted by molar-refractivity contribution is 5.92. The minimum Gasteiger partial charge on any atom is -0.469 e. The number of rotatable bonds is 5. The number of esters is 1. The van der Waals surface area contributed by atoms with Gasteiger partial charge in [-0.3, -0.25) is 14.5 Å². The van der Waals surface area contributed by atoms with Crippen molar-refractivity contribution in [1.29, 1.82) is 0 Å². The fourth-order valence-electron chi connectivity index (χ4n) is 2.88. The van der Waals surface area contributed by atoms with Crippen LogP contribution in [0.15, 0.2) is 24.3 Å². The Kier molecular flexibility index (Phi) is 5.95. The normalized spacial score (nSPS) is 18.7. The van der Waals surface area contributed by atoms with Crippen LogP contribution in [-0.2, 0) is 14.3 Å². The standard InChI is InChI=1S/C17H24N2O3/c1-13-6-5-7-14(10-13)18-16(20)12-19-9-4-3-8-15(19)11-17(21)22-2/h5-7,10,15H,3-4,8-9,11-12H2,1-2H3,(H,18,20). The van der Waals surface area contributed by atoms with Crippen molar-refractivity contribution in [3.05, 3.63) is 29.8 Å². The first-order chi connectivity index (χ1) is 10.6. The largest absolute Gasteiger partial charge is 0.469 e. The summed E-state index contributed by atoms with van der Waals surface area (Å²) in [7, 11) is 1.40. The minimum absolute atomic E-state index is 0.0395. The molecule has 5 nitrogen and oxygen atoms in total. The predicted molar refractivity (Wildman–Crippen MR) is 85.7 cm³/mol. The molecule has 1 aromatic rings. The van der Waals surface area contributed by atoms with Crippen molar-refractivity contribution in [3.8, 4) is 0 Å². The van der Waals surface area contributed by atoms with Gasteiger partial charge < -0.3 is 10.1 Å². The summed E-state index contributed by atoms with van der Waals surface area (Å²) in [6.07, 6.45) is 3.45. The number of nitrogens with one attached hydrogen (secondary N) is 1. The van der Waals surface area contributed by atoms with E-state index >= 15 is 0 Å². The number of carbonyl (C=O) groups is 2. The topological polar surface area (TPSA) is 58.6 Å². The van der Waals surface area contributed by atoms with Crippen LogP contribution in [-0.4, -0.2) is 43.0 Å². The molecule has 1 fully saturated rings. The smallest absolute Gasteiger partial charge is 0.307 e. The molecule has 120 valence electrons. The number of likely N-dealkylation sites (tertiary alicyclic amines) is 1. The van der Waals surface area contributed by atoms with Gasteiger partial charge in [-0.15, -0.1) is 0 Å². The average molecular weight is 304 g/mol. The monoisotopic (exact) mass is 304 g/mol. The van der Waals surface area contributed by atoms with E-state index in [2.05, 4.69) is 10.2 Å². The lowest BCUT2D eigenvalue weighted by molar-refractivity contribution is -0.142. The van der Waals surface area contributed by atoms with Gasteiger partial charge in [-0.05, 0) is 44.0 Å². The summed E-state index contributed by atoms with van der Waals surface area (Å²) >= 11 is 0. The fourth-order valence-corrected chi connectivity index (χ4v) is 2.88. The average Bonchev–Trinajstić information content (AvgIpc) is 2.49. The van der Waals surface area contributed by atoms with Gasteiger partial charge >= 0.3 is 5.97 Å². The van der Waals surface area contributed by atoms with Crippen LogP contribution >= 0.6 is 0 Å². The van der Waals surface area contributed by atoms with Crippen molar-refractivity contribution in [2.24, 2.45) is 0 Å². The van der Waals surface area contributed by atoms with E-state index in [-0.39, 0.29) is 17.9 Å². The second-order valence-electron chi connectivity index (χ2n) is 5.82. The molecule has 1 amide bonds. The van der Waals surface area contributed by atoms with Crippen LogP contribution in [0.25, 0.3) is 0 Å². The molecular formula is C17H24N2O3. The van der Waals surface area contributed by atoms with E-state index in [1.807, 2.05) is 31.2 Å². The van der Waals surface area contributed by atoms with E-state index in [0.717, 1.165) is 37.1 Å². The van der Waals surface area contributed by atoms with E-state index in [0.29, 0.717) is 13.0 Å². The molecule has 1 saturated heterocycles. The molecule has 0 radical (unpaired) electrons. The molecule has 0 aromatic heterocycles. The maximum atomic E-state index is 12.2. The van der Waals surface area contributed by atoms with Crippen LogP contribution < -0.4 is 5.32 Å². The van der Waals surface area contributed by atoms with E-state index in [1.165, 1.54) is 7.11 Å². The summed E-state index contributed by atoms with van der Waals surface area (Å²) < 4.78 is 4.75. The molecule has 1 aliphatic heterocycles. The number of nitrogens with zero attached hydrogens (tertiary/aromatic N) is 1. The molecule has 5 heteroatoms. The molecule has 1 atom stereocenters. The number of methoxy groups -OCH3 is 1. The van der Waals surface area contributed by atoms with Gasteiger partial charge in [-0.1, -0.05) is 18.6 Å². The van der Waals surface area contributed by atoms with Gasteiger partial charge in [-0.2, -0.15) is 0 Å². The molecule has 1 N–H and O–H groups in total. The number of benzene rings is 1. The first-order valence-electron chi connectivity index (χ1n) is 7.76. The third-order valence-electron chi connectivity index (χ3n) is 4.03. The molecule has 22 heavy (non-hydrogen) atoms. The summed E-state index contributed by atoms with van der Waals surface area (Å²) in [5, 5.41) is 2.92. The second kappa shape index (κ2) is 7.94. The van der Waals surface area contributed by atoms with Crippen LogP contribution in [0.1, 0.15) is 31.2 Å². The molecule has 0 bridgehead atoms. The molecule has 0 aliphatic carbocycles. The quantitative estimate of drug-likeness (QED) is 0.848. The number of ether oxygens (including phenoxy) is 1. The van der Waals surface area contributed by atoms with Crippen molar-refractivity contribution in [3.63, 3.8) is 0 Å². The SMILES string of the molecule is COC(=O)CC1CCCCN1CC(=O)Nc1cccc(C)c1. The van der Waals surface area contributed by atoms with Gasteiger partial charge in [0.1, 0.15) is 0 Å². The Morgan fingerprint density at radius 1 is 1.36 bits per heavy atom. The molecule has 2 rings (SSSR count). The van der Waals surface area contributed by atoms with Gasteiger partial charge in [0.2, 0.25) is 5.91 Å². The highest BCUT2D eigenvalue weighted by Gasteiger charge is 2.26. The predicted octanol–water partition coefficient (Wildman–Crippen LogP) is 2.35. The van der Waals surface area contributed by atoms with Gasteiger partial charge in [0.25, 0.3) is 0 Å². The number of carbonyl (C=O) groups excluding carboxylic acids is 2. The Hall–Kier alpha value is -1.88. The summed E-state index contributed by atoms with van der Waals surface area (Å²) in [4.78, 5) is 25.8. The zero-order chi connectivity index (χ0) is 15.9. The number of aryl methyl sites for hydroxylation is 1. The molecule has 1 unspecified atom stereocenters. The number of hydrogen-bond acceptors (Lipinski definition) is 4. The summed E-state index contributed by atoms with van der Waals surface area (Å²) in [5.74, 6) is -0.252. The molecule has 0 saturated carbocycles. The third-order valence-corrected chi connectivity index (χ3v) is 4.03. The van der Waals surface area contributed by atoms with Gasteiger partial charge in [0.05, 0.1) is 20.1 Å². The highest BCUT2D eigenvalue weighted by atomic mass is 16.5. The molecule has 0 spiro atoms. The van der Waals surface area contributed by atoms with Gasteiger partial charge in [-0.25, -0.2) is 0 Å². The number of hydrogen-bond donors (Lipinski definition) is 1. The Labute approximate surface area is 131 Å². The van der Waals surface area contributed by atoms with E-state index in [4.69, 9.17) is 4.74 Å². The van der Waals surface area contributed by atoms with Crippen LogP contribution in [0.4, 0.5) is 5.69 Å².